The molecule has 3 rings (SSSR count). The Morgan fingerprint density at radius 3 is 3.04 bits per heavy atom. The maximum Gasteiger partial charge on any atom is 0.246 e. The molecule has 0 aromatic carbocycles. The first-order valence-corrected chi connectivity index (χ1v) is 10.6. The van der Waals surface area contributed by atoms with E-state index in [4.69, 9.17) is 9.26 Å². The summed E-state index contributed by atoms with van der Waals surface area (Å²) in [4.78, 5) is 15.4. The molecule has 2 aromatic rings. The van der Waals surface area contributed by atoms with Crippen LogP contribution in [-0.2, 0) is 16.1 Å². The SMILES string of the molecule is CN(CCCNC(=O)COCc1cc(-c2cccs2)on1)C1CCCCC1. The summed E-state index contributed by atoms with van der Waals surface area (Å²) in [6.45, 7) is 2.02. The van der Waals surface area contributed by atoms with Gasteiger partial charge in [0, 0.05) is 18.7 Å². The lowest BCUT2D eigenvalue weighted by molar-refractivity contribution is -0.126. The van der Waals surface area contributed by atoms with Crippen LogP contribution in [-0.4, -0.2) is 48.7 Å². The van der Waals surface area contributed by atoms with Crippen molar-refractivity contribution in [2.24, 2.45) is 0 Å². The fourth-order valence-corrected chi connectivity index (χ4v) is 4.15. The smallest absolute Gasteiger partial charge is 0.246 e. The van der Waals surface area contributed by atoms with E-state index in [9.17, 15) is 4.79 Å². The van der Waals surface area contributed by atoms with Gasteiger partial charge in [0.15, 0.2) is 5.76 Å². The number of hydrogen-bond donors (Lipinski definition) is 1. The van der Waals surface area contributed by atoms with Crippen molar-refractivity contribution in [2.45, 2.75) is 51.2 Å². The number of amides is 1. The van der Waals surface area contributed by atoms with Gasteiger partial charge in [-0.3, -0.25) is 4.79 Å². The maximum absolute atomic E-state index is 11.9. The van der Waals surface area contributed by atoms with E-state index in [1.807, 2.05) is 23.6 Å². The fraction of sp³-hybridized carbons (Fsp3) is 0.600. The number of nitrogens with zero attached hydrogens (tertiary/aromatic N) is 2. The molecule has 0 aliphatic heterocycles. The third kappa shape index (κ3) is 6.45. The summed E-state index contributed by atoms with van der Waals surface area (Å²) in [5, 5.41) is 8.89. The summed E-state index contributed by atoms with van der Waals surface area (Å²) >= 11 is 1.60. The lowest BCUT2D eigenvalue weighted by atomic mass is 9.94. The van der Waals surface area contributed by atoms with Crippen molar-refractivity contribution in [3.8, 4) is 10.6 Å². The predicted molar refractivity (Wildman–Crippen MR) is 107 cm³/mol. The van der Waals surface area contributed by atoms with E-state index in [1.54, 1.807) is 11.3 Å². The third-order valence-electron chi connectivity index (χ3n) is 5.01. The summed E-state index contributed by atoms with van der Waals surface area (Å²) in [6, 6.07) is 6.52. The molecule has 0 radical (unpaired) electrons. The van der Waals surface area contributed by atoms with Crippen LogP contribution in [0, 0.1) is 0 Å². The first-order valence-electron chi connectivity index (χ1n) is 9.76. The van der Waals surface area contributed by atoms with E-state index < -0.39 is 0 Å². The molecule has 1 N–H and O–H groups in total. The lowest BCUT2D eigenvalue weighted by Crippen LogP contribution is -2.36. The van der Waals surface area contributed by atoms with Crippen LogP contribution >= 0.6 is 11.3 Å². The monoisotopic (exact) mass is 391 g/mol. The molecule has 6 nitrogen and oxygen atoms in total. The Kier molecular flexibility index (Phi) is 7.86. The van der Waals surface area contributed by atoms with E-state index >= 15 is 0 Å². The van der Waals surface area contributed by atoms with Gasteiger partial charge in [0.25, 0.3) is 0 Å². The average Bonchev–Trinajstić information content (AvgIpc) is 3.37. The molecule has 1 fully saturated rings. The third-order valence-corrected chi connectivity index (χ3v) is 5.90. The van der Waals surface area contributed by atoms with Gasteiger partial charge in [-0.05, 0) is 44.3 Å². The molecular weight excluding hydrogens is 362 g/mol. The van der Waals surface area contributed by atoms with Gasteiger partial charge in [0.2, 0.25) is 5.91 Å². The molecule has 0 spiro atoms. The molecule has 27 heavy (non-hydrogen) atoms. The average molecular weight is 392 g/mol. The summed E-state index contributed by atoms with van der Waals surface area (Å²) < 4.78 is 10.7. The maximum atomic E-state index is 11.9. The molecule has 2 aromatic heterocycles. The Morgan fingerprint density at radius 1 is 1.41 bits per heavy atom. The van der Waals surface area contributed by atoms with Gasteiger partial charge in [0.1, 0.15) is 12.3 Å². The van der Waals surface area contributed by atoms with Crippen molar-refractivity contribution in [3.63, 3.8) is 0 Å². The van der Waals surface area contributed by atoms with Crippen molar-refractivity contribution < 1.29 is 14.1 Å². The van der Waals surface area contributed by atoms with Crippen LogP contribution in [0.1, 0.15) is 44.2 Å². The van der Waals surface area contributed by atoms with E-state index in [0.29, 0.717) is 12.2 Å². The Balaban J connectivity index is 1.25. The van der Waals surface area contributed by atoms with Crippen molar-refractivity contribution in [3.05, 3.63) is 29.3 Å². The van der Waals surface area contributed by atoms with Gasteiger partial charge in [-0.1, -0.05) is 30.5 Å². The number of hydrogen-bond acceptors (Lipinski definition) is 6. The molecule has 0 saturated heterocycles. The lowest BCUT2D eigenvalue weighted by Gasteiger charge is -2.31. The van der Waals surface area contributed by atoms with Crippen molar-refractivity contribution in [1.29, 1.82) is 0 Å². The predicted octanol–water partition coefficient (Wildman–Crippen LogP) is 3.69. The van der Waals surface area contributed by atoms with Crippen molar-refractivity contribution in [1.82, 2.24) is 15.4 Å². The van der Waals surface area contributed by atoms with Crippen molar-refractivity contribution >= 4 is 17.2 Å². The molecule has 0 unspecified atom stereocenters. The van der Waals surface area contributed by atoms with Gasteiger partial charge in [-0.25, -0.2) is 0 Å². The minimum atomic E-state index is -0.0858. The van der Waals surface area contributed by atoms with Crippen LogP contribution in [0.3, 0.4) is 0 Å². The second-order valence-corrected chi connectivity index (χ2v) is 8.08. The van der Waals surface area contributed by atoms with Gasteiger partial charge in [-0.15, -0.1) is 11.3 Å². The highest BCUT2D eigenvalue weighted by Crippen LogP contribution is 2.25. The highest BCUT2D eigenvalue weighted by molar-refractivity contribution is 7.13. The van der Waals surface area contributed by atoms with Crippen LogP contribution in [0.5, 0.6) is 0 Å². The zero-order valence-corrected chi connectivity index (χ0v) is 16.8. The van der Waals surface area contributed by atoms with Crippen LogP contribution in [0.4, 0.5) is 0 Å². The van der Waals surface area contributed by atoms with Crippen LogP contribution in [0.25, 0.3) is 10.6 Å². The Hall–Kier alpha value is -1.70. The largest absolute Gasteiger partial charge is 0.365 e. The Labute approximate surface area is 164 Å². The first-order chi connectivity index (χ1) is 13.2. The summed E-state index contributed by atoms with van der Waals surface area (Å²) in [5.41, 5.74) is 0.695. The number of nitrogens with one attached hydrogen (secondary N) is 1. The van der Waals surface area contributed by atoms with Crippen LogP contribution < -0.4 is 5.32 Å². The van der Waals surface area contributed by atoms with E-state index in [2.05, 4.69) is 22.4 Å². The van der Waals surface area contributed by atoms with Gasteiger partial charge >= 0.3 is 0 Å². The van der Waals surface area contributed by atoms with Crippen LogP contribution in [0.15, 0.2) is 28.1 Å². The summed E-state index contributed by atoms with van der Waals surface area (Å²) in [6.07, 6.45) is 7.67. The molecule has 7 heteroatoms. The van der Waals surface area contributed by atoms with Gasteiger partial charge in [-0.2, -0.15) is 0 Å². The zero-order chi connectivity index (χ0) is 18.9. The van der Waals surface area contributed by atoms with Gasteiger partial charge in [0.05, 0.1) is 11.5 Å². The second-order valence-electron chi connectivity index (χ2n) is 7.13. The highest BCUT2D eigenvalue weighted by Gasteiger charge is 2.17. The van der Waals surface area contributed by atoms with E-state index in [1.165, 1.54) is 32.1 Å². The molecule has 1 aliphatic rings. The fourth-order valence-electron chi connectivity index (χ4n) is 3.47. The Bertz CT molecular complexity index is 680. The number of ether oxygens (including phenoxy) is 1. The molecule has 1 amide bonds. The number of carbonyl (C=O) groups excluding carboxylic acids is 1. The minimum absolute atomic E-state index is 0.0413. The van der Waals surface area contributed by atoms with Crippen LogP contribution in [0.2, 0.25) is 0 Å². The zero-order valence-electron chi connectivity index (χ0n) is 16.0. The quantitative estimate of drug-likeness (QED) is 0.626. The molecule has 2 heterocycles. The van der Waals surface area contributed by atoms with Gasteiger partial charge < -0.3 is 19.5 Å². The number of rotatable bonds is 10. The first kappa shape index (κ1) is 20.0. The Morgan fingerprint density at radius 2 is 2.26 bits per heavy atom. The standard InChI is InChI=1S/C20H29N3O3S/c1-23(17-7-3-2-4-8-17)11-6-10-21-20(24)15-25-14-16-13-18(26-22-16)19-9-5-12-27-19/h5,9,12-13,17H,2-4,6-8,10-11,14-15H2,1H3,(H,21,24). The van der Waals surface area contributed by atoms with Crippen molar-refractivity contribution in [2.75, 3.05) is 26.7 Å². The van der Waals surface area contributed by atoms with E-state index in [0.717, 1.165) is 29.6 Å². The topological polar surface area (TPSA) is 67.6 Å². The molecule has 0 atom stereocenters. The second kappa shape index (κ2) is 10.6. The number of carbonyl (C=O) groups is 1. The molecule has 1 aliphatic carbocycles. The summed E-state index contributed by atoms with van der Waals surface area (Å²) in [7, 11) is 2.20. The highest BCUT2D eigenvalue weighted by atomic mass is 32.1. The molecular formula is C20H29N3O3S. The molecule has 148 valence electrons. The summed E-state index contributed by atoms with van der Waals surface area (Å²) in [5.74, 6) is 0.646. The molecule has 1 saturated carbocycles. The number of thiophene rings is 1. The molecule has 0 bridgehead atoms. The number of aromatic nitrogens is 1. The normalized spacial score (nSPS) is 15.3. The minimum Gasteiger partial charge on any atom is -0.365 e. The van der Waals surface area contributed by atoms with E-state index in [-0.39, 0.29) is 19.1 Å².